The first-order valence-corrected chi connectivity index (χ1v) is 6.47. The van der Waals surface area contributed by atoms with Crippen molar-refractivity contribution in [3.05, 3.63) is 70.2 Å². The van der Waals surface area contributed by atoms with Gasteiger partial charge in [-0.2, -0.15) is 0 Å². The average molecular weight is 260 g/mol. The van der Waals surface area contributed by atoms with Crippen LogP contribution in [-0.2, 0) is 12.0 Å². The first-order chi connectivity index (χ1) is 8.50. The number of rotatable bonds is 3. The third-order valence-corrected chi connectivity index (χ3v) is 3.64. The van der Waals surface area contributed by atoms with Gasteiger partial charge in [-0.1, -0.05) is 54.1 Å². The minimum atomic E-state index is -0.454. The smallest absolute Gasteiger partial charge is 0.0456 e. The quantitative estimate of drug-likeness (QED) is 0.884. The molecule has 0 aromatic heterocycles. The molecule has 94 valence electrons. The lowest BCUT2D eigenvalue weighted by Gasteiger charge is -2.27. The Balaban J connectivity index is 2.33. The fourth-order valence-corrected chi connectivity index (χ4v) is 2.58. The van der Waals surface area contributed by atoms with E-state index in [-0.39, 0.29) is 0 Å². The molecule has 0 radical (unpaired) electrons. The van der Waals surface area contributed by atoms with Crippen LogP contribution in [0, 0.1) is 6.92 Å². The monoisotopic (exact) mass is 259 g/mol. The summed E-state index contributed by atoms with van der Waals surface area (Å²) >= 11 is 6.23. The minimum absolute atomic E-state index is 0.454. The summed E-state index contributed by atoms with van der Waals surface area (Å²) < 4.78 is 0. The third kappa shape index (κ3) is 2.74. The summed E-state index contributed by atoms with van der Waals surface area (Å²) in [7, 11) is 0. The Bertz CT molecular complexity index is 546. The molecule has 2 aromatic carbocycles. The van der Waals surface area contributed by atoms with Crippen molar-refractivity contribution in [3.8, 4) is 0 Å². The lowest BCUT2D eigenvalue weighted by Crippen LogP contribution is -2.36. The highest BCUT2D eigenvalue weighted by Crippen LogP contribution is 2.29. The van der Waals surface area contributed by atoms with E-state index in [4.69, 9.17) is 17.3 Å². The van der Waals surface area contributed by atoms with Crippen molar-refractivity contribution in [3.63, 3.8) is 0 Å². The molecule has 0 aliphatic heterocycles. The first-order valence-electron chi connectivity index (χ1n) is 6.09. The molecule has 0 saturated carbocycles. The molecule has 1 nitrogen and oxygen atoms in total. The maximum absolute atomic E-state index is 6.46. The first kappa shape index (κ1) is 13.1. The van der Waals surface area contributed by atoms with Crippen molar-refractivity contribution in [2.75, 3.05) is 0 Å². The van der Waals surface area contributed by atoms with E-state index < -0.39 is 5.54 Å². The molecule has 18 heavy (non-hydrogen) atoms. The average Bonchev–Trinajstić information content (AvgIpc) is 2.32. The van der Waals surface area contributed by atoms with Gasteiger partial charge in [0, 0.05) is 10.6 Å². The number of aryl methyl sites for hydroxylation is 1. The van der Waals surface area contributed by atoms with E-state index in [1.165, 1.54) is 11.1 Å². The van der Waals surface area contributed by atoms with Crippen molar-refractivity contribution in [2.24, 2.45) is 5.73 Å². The fraction of sp³-hybridized carbons (Fsp3) is 0.250. The highest BCUT2D eigenvalue weighted by molar-refractivity contribution is 6.31. The predicted molar refractivity (Wildman–Crippen MR) is 77.9 cm³/mol. The number of halogens is 1. The van der Waals surface area contributed by atoms with Crippen molar-refractivity contribution in [2.45, 2.75) is 25.8 Å². The summed E-state index contributed by atoms with van der Waals surface area (Å²) in [5, 5.41) is 0.732. The zero-order chi connectivity index (χ0) is 13.2. The van der Waals surface area contributed by atoms with Gasteiger partial charge in [-0.15, -0.1) is 0 Å². The zero-order valence-corrected chi connectivity index (χ0v) is 11.5. The number of hydrogen-bond acceptors (Lipinski definition) is 1. The molecule has 0 aliphatic rings. The fourth-order valence-electron chi connectivity index (χ4n) is 2.22. The van der Waals surface area contributed by atoms with Gasteiger partial charge in [-0.05, 0) is 43.0 Å². The second kappa shape index (κ2) is 5.13. The van der Waals surface area contributed by atoms with Crippen LogP contribution in [0.25, 0.3) is 0 Å². The van der Waals surface area contributed by atoms with Crippen LogP contribution in [0.2, 0.25) is 5.02 Å². The van der Waals surface area contributed by atoms with Crippen molar-refractivity contribution >= 4 is 11.6 Å². The van der Waals surface area contributed by atoms with Gasteiger partial charge in [0.15, 0.2) is 0 Å². The maximum Gasteiger partial charge on any atom is 0.0456 e. The standard InChI is InChI=1S/C16H18ClN/c1-12-7-3-4-8-13(12)11-16(2,18)14-9-5-6-10-15(14)17/h3-10H,11,18H2,1-2H3. The molecule has 0 aliphatic carbocycles. The van der Waals surface area contributed by atoms with Crippen LogP contribution in [0.1, 0.15) is 23.6 Å². The molecule has 0 fully saturated rings. The van der Waals surface area contributed by atoms with Crippen LogP contribution in [0.5, 0.6) is 0 Å². The summed E-state index contributed by atoms with van der Waals surface area (Å²) in [6.07, 6.45) is 0.781. The molecule has 0 heterocycles. The SMILES string of the molecule is Cc1ccccc1CC(C)(N)c1ccccc1Cl. The molecule has 0 amide bonds. The maximum atomic E-state index is 6.46. The van der Waals surface area contributed by atoms with Gasteiger partial charge >= 0.3 is 0 Å². The molecular formula is C16H18ClN. The Kier molecular flexibility index (Phi) is 3.74. The van der Waals surface area contributed by atoms with Crippen LogP contribution in [0.3, 0.4) is 0 Å². The van der Waals surface area contributed by atoms with E-state index in [0.717, 1.165) is 17.0 Å². The third-order valence-electron chi connectivity index (χ3n) is 3.31. The molecule has 2 rings (SSSR count). The predicted octanol–water partition coefficient (Wildman–Crippen LogP) is 4.07. The molecule has 1 unspecified atom stereocenters. The van der Waals surface area contributed by atoms with E-state index in [2.05, 4.69) is 19.1 Å². The van der Waals surface area contributed by atoms with Crippen LogP contribution in [-0.4, -0.2) is 0 Å². The van der Waals surface area contributed by atoms with Gasteiger partial charge in [0.1, 0.15) is 0 Å². The molecule has 0 saturated heterocycles. The van der Waals surface area contributed by atoms with E-state index in [0.29, 0.717) is 0 Å². The highest BCUT2D eigenvalue weighted by atomic mass is 35.5. The van der Waals surface area contributed by atoms with E-state index in [1.54, 1.807) is 0 Å². The van der Waals surface area contributed by atoms with Crippen LogP contribution in [0.15, 0.2) is 48.5 Å². The van der Waals surface area contributed by atoms with E-state index in [1.807, 2.05) is 43.3 Å². The van der Waals surface area contributed by atoms with Gasteiger partial charge in [0.25, 0.3) is 0 Å². The second-order valence-corrected chi connectivity index (χ2v) is 5.41. The number of hydrogen-bond donors (Lipinski definition) is 1. The summed E-state index contributed by atoms with van der Waals surface area (Å²) in [5.74, 6) is 0. The Morgan fingerprint density at radius 3 is 2.33 bits per heavy atom. The van der Waals surface area contributed by atoms with Gasteiger partial charge in [-0.25, -0.2) is 0 Å². The molecule has 2 aromatic rings. The van der Waals surface area contributed by atoms with E-state index >= 15 is 0 Å². The second-order valence-electron chi connectivity index (χ2n) is 5.00. The normalized spacial score (nSPS) is 14.2. The number of nitrogens with two attached hydrogens (primary N) is 1. The molecule has 2 N–H and O–H groups in total. The molecule has 0 spiro atoms. The molecule has 1 atom stereocenters. The topological polar surface area (TPSA) is 26.0 Å². The zero-order valence-electron chi connectivity index (χ0n) is 10.8. The van der Waals surface area contributed by atoms with Crippen LogP contribution < -0.4 is 5.73 Å². The molecule has 2 heteroatoms. The molecule has 0 bridgehead atoms. The van der Waals surface area contributed by atoms with Gasteiger partial charge in [-0.3, -0.25) is 0 Å². The Hall–Kier alpha value is -1.31. The largest absolute Gasteiger partial charge is 0.321 e. The minimum Gasteiger partial charge on any atom is -0.321 e. The van der Waals surface area contributed by atoms with Crippen molar-refractivity contribution in [1.82, 2.24) is 0 Å². The van der Waals surface area contributed by atoms with Gasteiger partial charge < -0.3 is 5.73 Å². The van der Waals surface area contributed by atoms with E-state index in [9.17, 15) is 0 Å². The Morgan fingerprint density at radius 2 is 1.67 bits per heavy atom. The van der Waals surface area contributed by atoms with Gasteiger partial charge in [0.2, 0.25) is 0 Å². The van der Waals surface area contributed by atoms with Gasteiger partial charge in [0.05, 0.1) is 0 Å². The van der Waals surface area contributed by atoms with Crippen LogP contribution >= 0.6 is 11.6 Å². The molecular weight excluding hydrogens is 242 g/mol. The Labute approximate surface area is 114 Å². The summed E-state index contributed by atoms with van der Waals surface area (Å²) in [4.78, 5) is 0. The summed E-state index contributed by atoms with van der Waals surface area (Å²) in [6.45, 7) is 4.14. The summed E-state index contributed by atoms with van der Waals surface area (Å²) in [5.41, 5.74) is 9.53. The lowest BCUT2D eigenvalue weighted by atomic mass is 9.85. The summed E-state index contributed by atoms with van der Waals surface area (Å²) in [6, 6.07) is 16.1. The number of benzene rings is 2. The highest BCUT2D eigenvalue weighted by Gasteiger charge is 2.24. The van der Waals surface area contributed by atoms with Crippen LogP contribution in [0.4, 0.5) is 0 Å². The van der Waals surface area contributed by atoms with Crippen molar-refractivity contribution < 1.29 is 0 Å². The lowest BCUT2D eigenvalue weighted by molar-refractivity contribution is 0.490. The van der Waals surface area contributed by atoms with Crippen molar-refractivity contribution in [1.29, 1.82) is 0 Å². The Morgan fingerprint density at radius 1 is 1.06 bits per heavy atom.